The summed E-state index contributed by atoms with van der Waals surface area (Å²) in [4.78, 5) is 11.5. The van der Waals surface area contributed by atoms with E-state index in [0.29, 0.717) is 5.69 Å². The van der Waals surface area contributed by atoms with Crippen molar-refractivity contribution < 1.29 is 9.53 Å². The minimum atomic E-state index is -0.516. The molecule has 2 rings (SSSR count). The SMILES string of the molecule is N#Cc1c(N)n[nH]c1C=CCNC(=O)OCc1ccccc1. The number of rotatable bonds is 5. The molecule has 1 aromatic heterocycles. The van der Waals surface area contributed by atoms with Crippen molar-refractivity contribution >= 4 is 18.0 Å². The van der Waals surface area contributed by atoms with Crippen LogP contribution in [-0.4, -0.2) is 22.8 Å². The van der Waals surface area contributed by atoms with Crippen LogP contribution in [0.25, 0.3) is 6.08 Å². The van der Waals surface area contributed by atoms with Crippen LogP contribution < -0.4 is 11.1 Å². The van der Waals surface area contributed by atoms with Gasteiger partial charge in [0.25, 0.3) is 0 Å². The van der Waals surface area contributed by atoms with Crippen LogP contribution in [0.15, 0.2) is 36.4 Å². The zero-order valence-corrected chi connectivity index (χ0v) is 11.7. The molecule has 0 atom stereocenters. The standard InChI is InChI=1S/C15H15N5O2/c16-9-12-13(19-20-14(12)17)7-4-8-18-15(21)22-10-11-5-2-1-3-6-11/h1-7H,8,10H2,(H,18,21)(H3,17,19,20). The summed E-state index contributed by atoms with van der Waals surface area (Å²) in [6, 6.07) is 11.3. The number of anilines is 1. The molecule has 0 aliphatic carbocycles. The highest BCUT2D eigenvalue weighted by atomic mass is 16.5. The molecular formula is C15H15N5O2. The Hall–Kier alpha value is -3.27. The first kappa shape index (κ1) is 15.1. The molecule has 0 spiro atoms. The van der Waals surface area contributed by atoms with Gasteiger partial charge in [0.15, 0.2) is 5.82 Å². The molecular weight excluding hydrogens is 282 g/mol. The molecule has 0 aliphatic rings. The Morgan fingerprint density at radius 1 is 1.45 bits per heavy atom. The third-order valence-corrected chi connectivity index (χ3v) is 2.80. The van der Waals surface area contributed by atoms with E-state index in [2.05, 4.69) is 15.5 Å². The summed E-state index contributed by atoms with van der Waals surface area (Å²) in [5, 5.41) is 17.8. The molecule has 0 unspecified atom stereocenters. The molecule has 0 aliphatic heterocycles. The van der Waals surface area contributed by atoms with Crippen molar-refractivity contribution in [2.75, 3.05) is 12.3 Å². The molecule has 2 aromatic rings. The molecule has 1 amide bonds. The largest absolute Gasteiger partial charge is 0.445 e. The number of nitrogen functional groups attached to an aromatic ring is 1. The predicted molar refractivity (Wildman–Crippen MR) is 81.4 cm³/mol. The number of aromatic amines is 1. The predicted octanol–water partition coefficient (Wildman–Crippen LogP) is 1.80. The van der Waals surface area contributed by atoms with Gasteiger partial charge in [0.1, 0.15) is 18.2 Å². The van der Waals surface area contributed by atoms with E-state index in [9.17, 15) is 4.79 Å². The van der Waals surface area contributed by atoms with Crippen molar-refractivity contribution in [3.63, 3.8) is 0 Å². The van der Waals surface area contributed by atoms with Crippen molar-refractivity contribution in [1.82, 2.24) is 15.5 Å². The van der Waals surface area contributed by atoms with E-state index >= 15 is 0 Å². The fourth-order valence-corrected chi connectivity index (χ4v) is 1.70. The Balaban J connectivity index is 1.75. The molecule has 22 heavy (non-hydrogen) atoms. The van der Waals surface area contributed by atoms with Gasteiger partial charge in [-0.25, -0.2) is 4.79 Å². The van der Waals surface area contributed by atoms with Crippen molar-refractivity contribution in [1.29, 1.82) is 5.26 Å². The van der Waals surface area contributed by atoms with Gasteiger partial charge in [0.05, 0.1) is 5.69 Å². The molecule has 7 heteroatoms. The van der Waals surface area contributed by atoms with Crippen molar-refractivity contribution in [3.05, 3.63) is 53.2 Å². The van der Waals surface area contributed by atoms with E-state index in [0.717, 1.165) is 5.56 Å². The van der Waals surface area contributed by atoms with Gasteiger partial charge < -0.3 is 15.8 Å². The molecule has 4 N–H and O–H groups in total. The number of nitrogens with one attached hydrogen (secondary N) is 2. The van der Waals surface area contributed by atoms with Gasteiger partial charge in [-0.15, -0.1) is 0 Å². The number of carbonyl (C=O) groups excluding carboxylic acids is 1. The Morgan fingerprint density at radius 2 is 2.23 bits per heavy atom. The highest BCUT2D eigenvalue weighted by Crippen LogP contribution is 2.12. The van der Waals surface area contributed by atoms with Crippen LogP contribution in [0.1, 0.15) is 16.8 Å². The van der Waals surface area contributed by atoms with Crippen LogP contribution in [0.2, 0.25) is 0 Å². The molecule has 0 saturated heterocycles. The van der Waals surface area contributed by atoms with E-state index in [-0.39, 0.29) is 24.5 Å². The summed E-state index contributed by atoms with van der Waals surface area (Å²) in [6.07, 6.45) is 2.77. The lowest BCUT2D eigenvalue weighted by atomic mass is 10.2. The third-order valence-electron chi connectivity index (χ3n) is 2.80. The van der Waals surface area contributed by atoms with E-state index in [1.165, 1.54) is 0 Å². The number of carbonyl (C=O) groups is 1. The maximum absolute atomic E-state index is 11.5. The first-order chi connectivity index (χ1) is 10.7. The summed E-state index contributed by atoms with van der Waals surface area (Å²) in [5.41, 5.74) is 7.21. The molecule has 0 radical (unpaired) electrons. The maximum Gasteiger partial charge on any atom is 0.407 e. The van der Waals surface area contributed by atoms with Gasteiger partial charge in [0.2, 0.25) is 0 Å². The van der Waals surface area contributed by atoms with Gasteiger partial charge >= 0.3 is 6.09 Å². The smallest absolute Gasteiger partial charge is 0.407 e. The first-order valence-electron chi connectivity index (χ1n) is 6.55. The number of nitriles is 1. The van der Waals surface area contributed by atoms with E-state index in [1.807, 2.05) is 36.4 Å². The van der Waals surface area contributed by atoms with Gasteiger partial charge in [-0.3, -0.25) is 5.10 Å². The Kier molecular flexibility index (Phi) is 5.15. The van der Waals surface area contributed by atoms with Crippen molar-refractivity contribution in [2.45, 2.75) is 6.61 Å². The monoisotopic (exact) mass is 297 g/mol. The van der Waals surface area contributed by atoms with Crippen LogP contribution in [0.3, 0.4) is 0 Å². The molecule has 112 valence electrons. The van der Waals surface area contributed by atoms with Gasteiger partial charge in [0, 0.05) is 6.54 Å². The highest BCUT2D eigenvalue weighted by Gasteiger charge is 2.06. The quantitative estimate of drug-likeness (QED) is 0.778. The fourth-order valence-electron chi connectivity index (χ4n) is 1.70. The summed E-state index contributed by atoms with van der Waals surface area (Å²) in [5.74, 6) is 0.150. The summed E-state index contributed by atoms with van der Waals surface area (Å²) in [6.45, 7) is 0.476. The number of alkyl carbamates (subject to hydrolysis) is 1. The van der Waals surface area contributed by atoms with Crippen LogP contribution in [0.4, 0.5) is 10.6 Å². The zero-order chi connectivity index (χ0) is 15.8. The third kappa shape index (κ3) is 4.11. The first-order valence-corrected chi connectivity index (χ1v) is 6.55. The Bertz CT molecular complexity index is 700. The molecule has 7 nitrogen and oxygen atoms in total. The van der Waals surface area contributed by atoms with Gasteiger partial charge in [-0.2, -0.15) is 10.4 Å². The minimum absolute atomic E-state index is 0.150. The molecule has 0 bridgehead atoms. The number of hydrogen-bond donors (Lipinski definition) is 3. The lowest BCUT2D eigenvalue weighted by molar-refractivity contribution is 0.141. The van der Waals surface area contributed by atoms with Gasteiger partial charge in [-0.05, 0) is 11.6 Å². The van der Waals surface area contributed by atoms with Crippen LogP contribution in [0, 0.1) is 11.3 Å². The summed E-state index contributed by atoms with van der Waals surface area (Å²) >= 11 is 0. The second kappa shape index (κ2) is 7.50. The van der Waals surface area contributed by atoms with Crippen LogP contribution >= 0.6 is 0 Å². The number of nitrogens with two attached hydrogens (primary N) is 1. The molecule has 1 heterocycles. The van der Waals surface area contributed by atoms with E-state index in [1.54, 1.807) is 12.2 Å². The molecule has 1 aromatic carbocycles. The van der Waals surface area contributed by atoms with E-state index < -0.39 is 6.09 Å². The number of nitrogens with zero attached hydrogens (tertiary/aromatic N) is 2. The van der Waals surface area contributed by atoms with Crippen LogP contribution in [-0.2, 0) is 11.3 Å². The average molecular weight is 297 g/mol. The second-order valence-corrected chi connectivity index (χ2v) is 4.35. The highest BCUT2D eigenvalue weighted by molar-refractivity contribution is 5.68. The average Bonchev–Trinajstić information content (AvgIpc) is 2.90. The van der Waals surface area contributed by atoms with Crippen molar-refractivity contribution in [2.24, 2.45) is 0 Å². The summed E-state index contributed by atoms with van der Waals surface area (Å²) in [7, 11) is 0. The Labute approximate surface area is 127 Å². The number of aromatic nitrogens is 2. The second-order valence-electron chi connectivity index (χ2n) is 4.35. The maximum atomic E-state index is 11.5. The lowest BCUT2D eigenvalue weighted by Gasteiger charge is -2.05. The number of amides is 1. The zero-order valence-electron chi connectivity index (χ0n) is 11.7. The molecule has 0 fully saturated rings. The minimum Gasteiger partial charge on any atom is -0.445 e. The summed E-state index contributed by atoms with van der Waals surface area (Å²) < 4.78 is 5.05. The van der Waals surface area contributed by atoms with Gasteiger partial charge in [-0.1, -0.05) is 36.4 Å². The fraction of sp³-hybridized carbons (Fsp3) is 0.133. The van der Waals surface area contributed by atoms with Crippen molar-refractivity contribution in [3.8, 4) is 6.07 Å². The number of benzene rings is 1. The molecule has 0 saturated carbocycles. The number of ether oxygens (including phenoxy) is 1. The Morgan fingerprint density at radius 3 is 2.95 bits per heavy atom. The normalized spacial score (nSPS) is 10.3. The lowest BCUT2D eigenvalue weighted by Crippen LogP contribution is -2.24. The van der Waals surface area contributed by atoms with E-state index in [4.69, 9.17) is 15.7 Å². The van der Waals surface area contributed by atoms with Crippen LogP contribution in [0.5, 0.6) is 0 Å². The topological polar surface area (TPSA) is 117 Å². The number of H-pyrrole nitrogens is 1. The number of hydrogen-bond acceptors (Lipinski definition) is 5.